The van der Waals surface area contributed by atoms with Crippen molar-refractivity contribution in [1.82, 2.24) is 4.72 Å². The molecule has 1 aromatic carbocycles. The van der Waals surface area contributed by atoms with Gasteiger partial charge in [-0.2, -0.15) is 4.72 Å². The van der Waals surface area contributed by atoms with E-state index >= 15 is 0 Å². The molecule has 1 fully saturated rings. The number of benzene rings is 1. The Kier molecular flexibility index (Phi) is 4.56. The van der Waals surface area contributed by atoms with E-state index in [1.165, 1.54) is 12.5 Å². The molecule has 3 rings (SSSR count). The largest absolute Gasteiger partial charge is 0.367 e. The van der Waals surface area contributed by atoms with Gasteiger partial charge in [-0.3, -0.25) is 9.11 Å². The number of fused-ring (bicyclic) bond motifs is 1. The third kappa shape index (κ3) is 3.46. The van der Waals surface area contributed by atoms with Gasteiger partial charge < -0.3 is 5.32 Å². The highest BCUT2D eigenvalue weighted by Crippen LogP contribution is 2.53. The summed E-state index contributed by atoms with van der Waals surface area (Å²) >= 11 is 6.00. The molecule has 23 heavy (non-hydrogen) atoms. The van der Waals surface area contributed by atoms with Gasteiger partial charge in [0.2, 0.25) is 10.0 Å². The Morgan fingerprint density at radius 2 is 1.87 bits per heavy atom. The van der Waals surface area contributed by atoms with E-state index in [-0.39, 0.29) is 26.9 Å². The lowest BCUT2D eigenvalue weighted by Crippen LogP contribution is -2.47. The van der Waals surface area contributed by atoms with Crippen LogP contribution < -0.4 is 15.2 Å². The average molecular weight is 382 g/mol. The summed E-state index contributed by atoms with van der Waals surface area (Å²) in [6, 6.07) is 2.51. The Hall–Kier alpha value is -0.550. The van der Waals surface area contributed by atoms with Crippen LogP contribution in [0, 0.1) is 5.92 Å². The molecule has 1 aromatic rings. The second-order valence-electron chi connectivity index (χ2n) is 6.01. The van der Waals surface area contributed by atoms with Gasteiger partial charge in [0.15, 0.2) is 0 Å². The van der Waals surface area contributed by atoms with E-state index in [4.69, 9.17) is 16.7 Å². The number of hydrogen-bond acceptors (Lipinski definition) is 6. The Morgan fingerprint density at radius 1 is 1.22 bits per heavy atom. The van der Waals surface area contributed by atoms with Crippen molar-refractivity contribution < 1.29 is 17.5 Å². The van der Waals surface area contributed by atoms with Gasteiger partial charge in [-0.15, -0.1) is 10.8 Å². The minimum atomic E-state index is -4.05. The molecule has 0 radical (unpaired) electrons. The Morgan fingerprint density at radius 3 is 2.48 bits per heavy atom. The lowest BCUT2D eigenvalue weighted by molar-refractivity contribution is 0.298. The van der Waals surface area contributed by atoms with Crippen LogP contribution in [0.4, 0.5) is 5.69 Å². The fraction of sp³-hybridized carbons (Fsp3) is 0.538. The fourth-order valence-corrected chi connectivity index (χ4v) is 5.83. The number of hydrogen-bond donors (Lipinski definition) is 5. The predicted octanol–water partition coefficient (Wildman–Crippen LogP) is 2.93. The van der Waals surface area contributed by atoms with Crippen molar-refractivity contribution in [3.8, 4) is 0 Å². The molecule has 6 N–H and O–H groups in total. The third-order valence-corrected chi connectivity index (χ3v) is 7.28. The Labute approximate surface area is 142 Å². The summed E-state index contributed by atoms with van der Waals surface area (Å²) in [6.07, 6.45) is 5.13. The number of anilines is 1. The van der Waals surface area contributed by atoms with Crippen molar-refractivity contribution >= 4 is 38.1 Å². The highest BCUT2D eigenvalue weighted by atomic mass is 35.5. The van der Waals surface area contributed by atoms with E-state index < -0.39 is 20.8 Å². The van der Waals surface area contributed by atoms with Gasteiger partial charge in [0, 0.05) is 0 Å². The number of rotatable bonds is 2. The number of sulfonamides is 1. The lowest BCUT2D eigenvalue weighted by atomic mass is 9.87. The summed E-state index contributed by atoms with van der Waals surface area (Å²) in [7, 11) is -7.38. The second-order valence-corrected chi connectivity index (χ2v) is 9.72. The van der Waals surface area contributed by atoms with Crippen LogP contribution in [0.2, 0.25) is 5.02 Å². The minimum Gasteiger partial charge on any atom is -0.367 e. The van der Waals surface area contributed by atoms with Crippen LogP contribution in [0.3, 0.4) is 0 Å². The first-order chi connectivity index (χ1) is 10.7. The van der Waals surface area contributed by atoms with E-state index in [0.717, 1.165) is 31.7 Å². The zero-order valence-corrected chi connectivity index (χ0v) is 14.7. The molecule has 7 nitrogen and oxygen atoms in total. The molecule has 10 heteroatoms. The van der Waals surface area contributed by atoms with Crippen LogP contribution in [0.15, 0.2) is 21.9 Å². The molecular formula is C13H20ClN3O4S2. The second kappa shape index (κ2) is 6.07. The molecule has 1 atom stereocenters. The smallest absolute Gasteiger partial charge is 0.239 e. The molecule has 1 unspecified atom stereocenters. The number of halogens is 1. The van der Waals surface area contributed by atoms with E-state index in [1.807, 2.05) is 0 Å². The molecule has 0 bridgehead atoms. The molecule has 130 valence electrons. The molecule has 1 saturated carbocycles. The number of primary sulfonamides is 1. The van der Waals surface area contributed by atoms with E-state index in [1.54, 1.807) is 0 Å². The van der Waals surface area contributed by atoms with Crippen molar-refractivity contribution in [2.45, 2.75) is 48.1 Å². The maximum Gasteiger partial charge on any atom is 0.239 e. The monoisotopic (exact) mass is 381 g/mol. The summed E-state index contributed by atoms with van der Waals surface area (Å²) in [5.74, 6) is 0.278. The maximum absolute atomic E-state index is 11.6. The zero-order chi connectivity index (χ0) is 16.8. The average Bonchev–Trinajstić information content (AvgIpc) is 2.45. The van der Waals surface area contributed by atoms with Crippen molar-refractivity contribution in [3.05, 3.63) is 17.2 Å². The van der Waals surface area contributed by atoms with Gasteiger partial charge in [-0.05, 0) is 30.9 Å². The molecular weight excluding hydrogens is 362 g/mol. The SMILES string of the molecule is NS(=O)(=O)c1cc2c(cc1Cl)NC(C1CCCCC1)NS2(O)O. The van der Waals surface area contributed by atoms with Gasteiger partial charge in [0.05, 0.1) is 21.8 Å². The van der Waals surface area contributed by atoms with Gasteiger partial charge in [-0.1, -0.05) is 30.9 Å². The summed E-state index contributed by atoms with van der Waals surface area (Å²) in [5.41, 5.74) is 0.428. The van der Waals surface area contributed by atoms with Crippen LogP contribution in [0.25, 0.3) is 0 Å². The molecule has 2 aliphatic rings. The molecule has 0 aromatic heterocycles. The fourth-order valence-electron chi connectivity index (χ4n) is 3.22. The van der Waals surface area contributed by atoms with Crippen LogP contribution in [-0.2, 0) is 10.0 Å². The van der Waals surface area contributed by atoms with Crippen molar-refractivity contribution in [1.29, 1.82) is 0 Å². The van der Waals surface area contributed by atoms with E-state index in [0.29, 0.717) is 5.69 Å². The summed E-state index contributed by atoms with van der Waals surface area (Å²) < 4.78 is 46.8. The van der Waals surface area contributed by atoms with Crippen LogP contribution in [-0.4, -0.2) is 23.7 Å². The minimum absolute atomic E-state index is 0.0433. The van der Waals surface area contributed by atoms with E-state index in [2.05, 4.69) is 10.0 Å². The molecule has 0 saturated heterocycles. The summed E-state index contributed by atoms with van der Waals surface area (Å²) in [6.45, 7) is 0. The number of nitrogens with one attached hydrogen (secondary N) is 2. The van der Waals surface area contributed by atoms with Crippen molar-refractivity contribution in [2.75, 3.05) is 5.32 Å². The van der Waals surface area contributed by atoms with Crippen molar-refractivity contribution in [3.63, 3.8) is 0 Å². The lowest BCUT2D eigenvalue weighted by Gasteiger charge is -2.46. The van der Waals surface area contributed by atoms with Crippen LogP contribution >= 0.6 is 22.4 Å². The quantitative estimate of drug-likeness (QED) is 0.536. The van der Waals surface area contributed by atoms with Gasteiger partial charge >= 0.3 is 0 Å². The van der Waals surface area contributed by atoms with Crippen LogP contribution in [0.5, 0.6) is 0 Å². The summed E-state index contributed by atoms with van der Waals surface area (Å²) in [5, 5.41) is 8.28. The molecule has 1 aliphatic heterocycles. The maximum atomic E-state index is 11.6. The van der Waals surface area contributed by atoms with Crippen molar-refractivity contribution in [2.24, 2.45) is 11.1 Å². The first-order valence-electron chi connectivity index (χ1n) is 7.37. The molecule has 0 amide bonds. The zero-order valence-electron chi connectivity index (χ0n) is 12.3. The molecule has 1 heterocycles. The summed E-state index contributed by atoms with van der Waals surface area (Å²) in [4.78, 5) is -0.254. The highest BCUT2D eigenvalue weighted by molar-refractivity contribution is 8.22. The van der Waals surface area contributed by atoms with Gasteiger partial charge in [-0.25, -0.2) is 13.6 Å². The molecule has 0 spiro atoms. The van der Waals surface area contributed by atoms with Gasteiger partial charge in [0.1, 0.15) is 4.90 Å². The number of nitrogens with two attached hydrogens (primary N) is 1. The first-order valence-corrected chi connectivity index (χ1v) is 10.8. The third-order valence-electron chi connectivity index (χ3n) is 4.37. The molecule has 1 aliphatic carbocycles. The normalized spacial score (nSPS) is 26.2. The van der Waals surface area contributed by atoms with Crippen LogP contribution in [0.1, 0.15) is 32.1 Å². The Bertz CT molecular complexity index is 720. The Balaban J connectivity index is 1.99. The topological polar surface area (TPSA) is 125 Å². The first kappa shape index (κ1) is 17.3. The predicted molar refractivity (Wildman–Crippen MR) is 91.1 cm³/mol. The van der Waals surface area contributed by atoms with E-state index in [9.17, 15) is 17.5 Å². The standard InChI is InChI=1S/C13H20ClN3O4S2/c14-9-6-10-12(7-11(9)22(15,18)19)23(20,21)17-13(16-10)8-4-2-1-3-5-8/h6-8,13,16-17,20-21H,1-5H2,(H2,15,18,19). The van der Waals surface area contributed by atoms with Gasteiger partial charge in [0.25, 0.3) is 0 Å². The highest BCUT2D eigenvalue weighted by Gasteiger charge is 2.36.